The molecule has 0 atom stereocenters. The predicted octanol–water partition coefficient (Wildman–Crippen LogP) is 31.6. The summed E-state index contributed by atoms with van der Waals surface area (Å²) in [7, 11) is 0. The fraction of sp³-hybridized carbons (Fsp3) is 0.379. The number of hydrogen-bond acceptors (Lipinski definition) is 12. The van der Waals surface area contributed by atoms with Crippen molar-refractivity contribution in [2.75, 3.05) is 0 Å². The zero-order valence-corrected chi connectivity index (χ0v) is 96.1. The molecule has 0 spiro atoms. The number of aliphatic hydroxyl groups is 4. The number of aromatic nitrogens is 4. The molecule has 8 aromatic carbocycles. The molecule has 12 rings (SSSR count). The van der Waals surface area contributed by atoms with E-state index in [4.69, 9.17) is 0 Å². The van der Waals surface area contributed by atoms with Crippen molar-refractivity contribution in [1.82, 2.24) is 19.9 Å². The number of allylic oxidation sites excluding steroid dienone is 8. The van der Waals surface area contributed by atoms with Crippen LogP contribution in [0.1, 0.15) is 233 Å². The summed E-state index contributed by atoms with van der Waals surface area (Å²) in [5.41, 5.74) is 19.0. The average Bonchev–Trinajstić information content (AvgIpc) is 0.795. The van der Waals surface area contributed by atoms with Crippen LogP contribution in [-0.2, 0) is 99.6 Å². The summed E-state index contributed by atoms with van der Waals surface area (Å²) < 4.78 is 67.3. The first kappa shape index (κ1) is 125. The van der Waals surface area contributed by atoms with Crippen molar-refractivity contribution >= 4 is 66.7 Å². The maximum atomic E-state index is 13.6. The molecular formula is C116H139F5Ir4N4O8-4. The normalized spacial score (nSPS) is 12.0. The van der Waals surface area contributed by atoms with Crippen LogP contribution in [0.15, 0.2) is 187 Å². The molecule has 21 heteroatoms. The van der Waals surface area contributed by atoms with Gasteiger partial charge in [0.05, 0.1) is 22.1 Å². The molecule has 0 fully saturated rings. The minimum atomic E-state index is -0.880. The van der Waals surface area contributed by atoms with Gasteiger partial charge in [0.15, 0.2) is 34.8 Å². The summed E-state index contributed by atoms with van der Waals surface area (Å²) in [4.78, 5) is 64.3. The summed E-state index contributed by atoms with van der Waals surface area (Å²) >= 11 is 0. The number of aliphatic hydroxyl groups excluding tert-OH is 4. The van der Waals surface area contributed by atoms with Gasteiger partial charge in [-0.15, -0.1) is 140 Å². The van der Waals surface area contributed by atoms with Gasteiger partial charge in [0.25, 0.3) is 0 Å². The Kier molecular flexibility index (Phi) is 47.3. The molecule has 746 valence electrons. The Morgan fingerprint density at radius 3 is 0.869 bits per heavy atom. The third-order valence-electron chi connectivity index (χ3n) is 21.2. The fourth-order valence-corrected chi connectivity index (χ4v) is 11.8. The molecule has 137 heavy (non-hydrogen) atoms. The number of aryl methyl sites for hydroxylation is 11. The van der Waals surface area contributed by atoms with E-state index in [1.54, 1.807) is 39.0 Å². The van der Waals surface area contributed by atoms with E-state index in [0.717, 1.165) is 112 Å². The minimum Gasteiger partial charge on any atom is -0.512 e. The van der Waals surface area contributed by atoms with E-state index in [1.165, 1.54) is 70.8 Å². The van der Waals surface area contributed by atoms with E-state index in [0.29, 0.717) is 27.6 Å². The number of carbonyl (C=O) groups is 4. The van der Waals surface area contributed by atoms with Crippen LogP contribution >= 0.6 is 0 Å². The molecule has 0 aliphatic heterocycles. The van der Waals surface area contributed by atoms with Crippen molar-refractivity contribution < 1.29 is 142 Å². The number of fused-ring (bicyclic) bond motifs is 4. The molecule has 12 nitrogen and oxygen atoms in total. The molecule has 0 amide bonds. The van der Waals surface area contributed by atoms with E-state index in [9.17, 15) is 61.6 Å². The Bertz CT molecular complexity index is 6120. The van der Waals surface area contributed by atoms with Crippen LogP contribution in [0.4, 0.5) is 22.0 Å². The first-order valence-corrected chi connectivity index (χ1v) is 44.6. The quantitative estimate of drug-likeness (QED) is 0.0486. The molecule has 0 bridgehead atoms. The fourth-order valence-electron chi connectivity index (χ4n) is 11.8. The average molecular weight is 2580 g/mol. The van der Waals surface area contributed by atoms with Crippen molar-refractivity contribution in [2.24, 2.45) is 43.3 Å². The van der Waals surface area contributed by atoms with Gasteiger partial charge in [0.2, 0.25) is 0 Å². The number of rotatable bonds is 8. The van der Waals surface area contributed by atoms with Gasteiger partial charge in [-0.2, -0.15) is 0 Å². The van der Waals surface area contributed by atoms with Crippen LogP contribution in [0.2, 0.25) is 0 Å². The van der Waals surface area contributed by atoms with Crippen molar-refractivity contribution in [1.29, 1.82) is 0 Å². The van der Waals surface area contributed by atoms with Gasteiger partial charge in [0, 0.05) is 176 Å². The predicted molar refractivity (Wildman–Crippen MR) is 539 cm³/mol. The largest absolute Gasteiger partial charge is 0.512 e. The Hall–Kier alpha value is -9.51. The maximum Gasteiger partial charge on any atom is 0.164 e. The third-order valence-corrected chi connectivity index (χ3v) is 21.2. The number of pyridine rings is 4. The van der Waals surface area contributed by atoms with Crippen molar-refractivity contribution in [3.05, 3.63) is 307 Å². The number of hydrogen-bond donors (Lipinski definition) is 4. The Balaban J connectivity index is 0.000000788. The molecule has 0 saturated heterocycles. The zero-order valence-electron chi connectivity index (χ0n) is 86.5. The number of carbonyl (C=O) groups excluding carboxylic acids is 4. The minimum absolute atomic E-state index is 0. The number of nitrogens with zero attached hydrogens (tertiary/aromatic N) is 4. The van der Waals surface area contributed by atoms with Crippen LogP contribution in [0, 0.1) is 180 Å². The molecule has 0 unspecified atom stereocenters. The molecule has 4 aromatic heterocycles. The SMILES string of the molecule is CC(C)(C)C(=O)C=C(O)C(C)(C)C.CC(C)(C)C(=O)C=C(O)C(C)(C)C.CC(C)(C)C(=O)C=C(O)C(C)(C)C.CC(C)(C)C(=O)C=C(O)C(C)(C)C.Cc1[c-]c(-c2ccc3cc(F)c(C)cc3n2)cc(C)c1.Cc1[c-]c(-c2ccc3cc(F)c(C)cc3n2)cc(C)c1C.Cc1[c-]c(-c2nc3cc(F)c(F)cc3cc2C)cc(C)c1.Cc1cc[c-]c(-c2ccc3cc(F)c(C)cc3n2)c1.[Ir].[Ir].[Ir].[Ir]. The molecule has 4 N–H and O–H groups in total. The summed E-state index contributed by atoms with van der Waals surface area (Å²) in [6.07, 6.45) is 5.33. The van der Waals surface area contributed by atoms with Gasteiger partial charge in [-0.1, -0.05) is 270 Å². The molecule has 0 aliphatic carbocycles. The third kappa shape index (κ3) is 39.2. The Morgan fingerprint density at radius 1 is 0.277 bits per heavy atom. The van der Waals surface area contributed by atoms with Crippen LogP contribution in [0.5, 0.6) is 0 Å². The van der Waals surface area contributed by atoms with Gasteiger partial charge in [0.1, 0.15) is 40.5 Å². The molecular weight excluding hydrogens is 2440 g/mol. The Labute approximate surface area is 866 Å². The molecule has 4 radical (unpaired) electrons. The zero-order chi connectivity index (χ0) is 101. The van der Waals surface area contributed by atoms with Gasteiger partial charge in [-0.25, -0.2) is 22.0 Å². The second kappa shape index (κ2) is 51.6. The van der Waals surface area contributed by atoms with Crippen molar-refractivity contribution in [3.8, 4) is 45.0 Å². The molecule has 0 aliphatic rings. The standard InChI is InChI=1S/C19H17FN.C18H14F2N.C18H15FN.C17H13FN.4C11H20O2.4Ir/c1-11-7-16(8-12(2)14(11)4)18-6-5-15-10-17(20)13(3)9-19(15)21-18;1-10-4-11(2)6-14(5-10)18-12(3)7-13-8-15(19)16(20)9-17(13)21-18;1-11-6-12(2)8-15(7-11)17-5-4-14-10-16(19)13(3)9-18(14)20-17;1-11-4-3-5-13(8-11)16-7-6-14-10-15(18)12(2)9-17(14)19-16;4*1-10(2,3)8(12)7-9(13)11(4,5)6;;;;/h5-7,9-10H,1-4H3;4-5,7-9H,1-3H3;4-7,9-10H,1-3H3;3-4,6-10H,1-2H3;4*7,12H,1-6H3;;;;/q4*-1;;;;;;;;. The van der Waals surface area contributed by atoms with E-state index in [-0.39, 0.29) is 166 Å². The van der Waals surface area contributed by atoms with Crippen molar-refractivity contribution in [2.45, 2.75) is 249 Å². The first-order valence-electron chi connectivity index (χ1n) is 44.6. The summed E-state index contributed by atoms with van der Waals surface area (Å²) in [6.45, 7) is 68.0. The second-order valence-electron chi connectivity index (χ2n) is 42.6. The Morgan fingerprint density at radius 2 is 0.562 bits per heavy atom. The van der Waals surface area contributed by atoms with Crippen LogP contribution < -0.4 is 0 Å². The van der Waals surface area contributed by atoms with Crippen LogP contribution in [-0.4, -0.2) is 63.5 Å². The van der Waals surface area contributed by atoms with E-state index < -0.39 is 33.3 Å². The topological polar surface area (TPSA) is 201 Å². The monoisotopic (exact) mass is 2580 g/mol. The summed E-state index contributed by atoms with van der Waals surface area (Å²) in [5.74, 6) is -1.89. The van der Waals surface area contributed by atoms with Crippen molar-refractivity contribution in [3.63, 3.8) is 0 Å². The van der Waals surface area contributed by atoms with E-state index in [2.05, 4.69) is 90.1 Å². The number of halogens is 5. The van der Waals surface area contributed by atoms with E-state index in [1.807, 2.05) is 274 Å². The number of ketones is 4. The number of benzene rings is 8. The van der Waals surface area contributed by atoms with Gasteiger partial charge in [-0.05, 0) is 110 Å². The van der Waals surface area contributed by atoms with Gasteiger partial charge in [-0.3, -0.25) is 39.1 Å². The van der Waals surface area contributed by atoms with E-state index >= 15 is 0 Å². The molecule has 12 aromatic rings. The first-order chi connectivity index (χ1) is 60.7. The van der Waals surface area contributed by atoms with Gasteiger partial charge >= 0.3 is 0 Å². The summed E-state index contributed by atoms with van der Waals surface area (Å²) in [6, 6.07) is 55.0. The van der Waals surface area contributed by atoms with Crippen LogP contribution in [0.3, 0.4) is 0 Å². The molecule has 0 saturated carbocycles. The van der Waals surface area contributed by atoms with Gasteiger partial charge < -0.3 is 20.4 Å². The second-order valence-corrected chi connectivity index (χ2v) is 42.6. The summed E-state index contributed by atoms with van der Waals surface area (Å²) in [5, 5.41) is 41.3. The maximum absolute atomic E-state index is 13.6. The smallest absolute Gasteiger partial charge is 0.164 e. The van der Waals surface area contributed by atoms with Crippen LogP contribution in [0.25, 0.3) is 88.6 Å². The molecule has 4 heterocycles.